The van der Waals surface area contributed by atoms with Gasteiger partial charge in [0.05, 0.1) is 12.4 Å². The second kappa shape index (κ2) is 6.42. The van der Waals surface area contributed by atoms with Crippen molar-refractivity contribution in [3.63, 3.8) is 0 Å². The molecule has 0 aromatic carbocycles. The van der Waals surface area contributed by atoms with E-state index in [0.29, 0.717) is 6.61 Å². The molecule has 0 unspecified atom stereocenters. The molecular formula is C17H36O3Si2. The van der Waals surface area contributed by atoms with Crippen LogP contribution in [0.2, 0.25) is 36.3 Å². The van der Waals surface area contributed by atoms with E-state index in [2.05, 4.69) is 67.7 Å². The average molecular weight is 345 g/mol. The van der Waals surface area contributed by atoms with E-state index in [1.807, 2.05) is 6.08 Å². The van der Waals surface area contributed by atoms with Crippen LogP contribution < -0.4 is 0 Å². The highest BCUT2D eigenvalue weighted by Crippen LogP contribution is 2.40. The monoisotopic (exact) mass is 344 g/mol. The molecule has 0 aromatic rings. The molecule has 0 aromatic heterocycles. The van der Waals surface area contributed by atoms with Crippen molar-refractivity contribution in [2.75, 3.05) is 6.61 Å². The van der Waals surface area contributed by atoms with E-state index in [-0.39, 0.29) is 22.3 Å². The lowest BCUT2D eigenvalue weighted by atomic mass is 10.2. The zero-order chi connectivity index (χ0) is 17.4. The second-order valence-electron chi connectivity index (χ2n) is 9.42. The summed E-state index contributed by atoms with van der Waals surface area (Å²) in [5, 5.41) is 0.385. The Bertz CT molecular complexity index is 403. The minimum atomic E-state index is -1.83. The van der Waals surface area contributed by atoms with Gasteiger partial charge in [0.2, 0.25) is 0 Å². The summed E-state index contributed by atoms with van der Waals surface area (Å²) in [6.45, 7) is 23.3. The molecule has 0 fully saturated rings. The van der Waals surface area contributed by atoms with Crippen LogP contribution in [0.1, 0.15) is 41.5 Å². The molecule has 2 atom stereocenters. The molecule has 0 aliphatic carbocycles. The van der Waals surface area contributed by atoms with Crippen LogP contribution in [0.4, 0.5) is 0 Å². The minimum absolute atomic E-state index is 0.0000154. The highest BCUT2D eigenvalue weighted by atomic mass is 28.4. The largest absolute Gasteiger partial charge is 0.499 e. The van der Waals surface area contributed by atoms with Crippen molar-refractivity contribution in [2.45, 2.75) is 90.0 Å². The van der Waals surface area contributed by atoms with Crippen LogP contribution in [-0.4, -0.2) is 35.4 Å². The molecule has 5 heteroatoms. The normalized spacial score (nSPS) is 24.3. The van der Waals surface area contributed by atoms with Gasteiger partial charge in [-0.1, -0.05) is 41.5 Å². The standard InChI is InChI=1S/C17H36O3Si2/c1-16(2,3)21(7,8)19-14-11-12-18-13-15(14)20-22(9,10)17(4,5)6/h11-12,14-15H,13H2,1-10H3/t14-,15-/m1/s1. The Balaban J connectivity index is 2.89. The molecule has 3 nitrogen and oxygen atoms in total. The summed E-state index contributed by atoms with van der Waals surface area (Å²) in [5.74, 6) is 0. The predicted molar refractivity (Wildman–Crippen MR) is 99.2 cm³/mol. The third kappa shape index (κ3) is 4.69. The maximum Gasteiger partial charge on any atom is 0.193 e. The average Bonchev–Trinajstić information content (AvgIpc) is 2.28. The van der Waals surface area contributed by atoms with Crippen LogP contribution in [0, 0.1) is 0 Å². The SMILES string of the molecule is CC(C)(C)[Si](C)(C)O[C@@H]1C=COC[C@H]1O[Si](C)(C)C(C)(C)C. The van der Waals surface area contributed by atoms with Crippen LogP contribution in [0.3, 0.4) is 0 Å². The maximum absolute atomic E-state index is 6.58. The highest BCUT2D eigenvalue weighted by Gasteiger charge is 2.44. The summed E-state index contributed by atoms with van der Waals surface area (Å²) < 4.78 is 18.7. The molecule has 0 saturated heterocycles. The fourth-order valence-electron chi connectivity index (χ4n) is 1.79. The lowest BCUT2D eigenvalue weighted by Crippen LogP contribution is -2.53. The fraction of sp³-hybridized carbons (Fsp3) is 0.882. The molecule has 0 saturated carbocycles. The van der Waals surface area contributed by atoms with E-state index in [1.165, 1.54) is 0 Å². The van der Waals surface area contributed by atoms with E-state index in [1.54, 1.807) is 6.26 Å². The van der Waals surface area contributed by atoms with Gasteiger partial charge in [-0.2, -0.15) is 0 Å². The number of hydrogen-bond donors (Lipinski definition) is 0. The van der Waals surface area contributed by atoms with E-state index < -0.39 is 16.6 Å². The fourth-order valence-corrected chi connectivity index (χ4v) is 4.37. The summed E-state index contributed by atoms with van der Waals surface area (Å²) >= 11 is 0. The molecule has 0 bridgehead atoms. The molecule has 1 rings (SSSR count). The Morgan fingerprint density at radius 1 is 0.864 bits per heavy atom. The van der Waals surface area contributed by atoms with Gasteiger partial charge in [-0.3, -0.25) is 0 Å². The third-order valence-corrected chi connectivity index (χ3v) is 14.5. The van der Waals surface area contributed by atoms with Gasteiger partial charge < -0.3 is 13.6 Å². The Kier molecular flexibility index (Phi) is 5.82. The second-order valence-corrected chi connectivity index (χ2v) is 18.9. The number of rotatable bonds is 4. The molecule has 0 amide bonds. The van der Waals surface area contributed by atoms with E-state index in [9.17, 15) is 0 Å². The highest BCUT2D eigenvalue weighted by molar-refractivity contribution is 6.74. The molecule has 130 valence electrons. The Hall–Kier alpha value is -0.106. The number of hydrogen-bond acceptors (Lipinski definition) is 3. The van der Waals surface area contributed by atoms with Gasteiger partial charge >= 0.3 is 0 Å². The molecule has 0 N–H and O–H groups in total. The Labute approximate surface area is 139 Å². The first-order valence-corrected chi connectivity index (χ1v) is 14.1. The molecule has 0 spiro atoms. The molecule has 22 heavy (non-hydrogen) atoms. The summed E-state index contributed by atoms with van der Waals surface area (Å²) in [7, 11) is -3.66. The van der Waals surface area contributed by atoms with Gasteiger partial charge in [0.1, 0.15) is 12.7 Å². The van der Waals surface area contributed by atoms with E-state index in [0.717, 1.165) is 0 Å². The van der Waals surface area contributed by atoms with Gasteiger partial charge in [0.25, 0.3) is 0 Å². The molecule has 0 radical (unpaired) electrons. The van der Waals surface area contributed by atoms with Crippen molar-refractivity contribution < 1.29 is 13.6 Å². The van der Waals surface area contributed by atoms with Crippen molar-refractivity contribution in [3.05, 3.63) is 12.3 Å². The van der Waals surface area contributed by atoms with Crippen LogP contribution >= 0.6 is 0 Å². The first-order chi connectivity index (χ1) is 9.67. The third-order valence-electron chi connectivity index (χ3n) is 5.48. The van der Waals surface area contributed by atoms with Crippen molar-refractivity contribution >= 4 is 16.6 Å². The first kappa shape index (κ1) is 19.9. The summed E-state index contributed by atoms with van der Waals surface area (Å²) in [6, 6.07) is 0. The lowest BCUT2D eigenvalue weighted by Gasteiger charge is -2.45. The molecule has 1 aliphatic rings. The van der Waals surface area contributed by atoms with Crippen molar-refractivity contribution in [3.8, 4) is 0 Å². The van der Waals surface area contributed by atoms with Crippen LogP contribution in [0.25, 0.3) is 0 Å². The number of ether oxygens (including phenoxy) is 1. The topological polar surface area (TPSA) is 27.7 Å². The van der Waals surface area contributed by atoms with Gasteiger partial charge in [-0.05, 0) is 42.3 Å². The van der Waals surface area contributed by atoms with E-state index in [4.69, 9.17) is 13.6 Å². The summed E-state index contributed by atoms with van der Waals surface area (Å²) in [5.41, 5.74) is 0. The Morgan fingerprint density at radius 2 is 1.32 bits per heavy atom. The molecule has 1 heterocycles. The van der Waals surface area contributed by atoms with Crippen molar-refractivity contribution in [1.82, 2.24) is 0 Å². The minimum Gasteiger partial charge on any atom is -0.499 e. The van der Waals surface area contributed by atoms with Gasteiger partial charge in [0, 0.05) is 0 Å². The Morgan fingerprint density at radius 3 is 1.77 bits per heavy atom. The van der Waals surface area contributed by atoms with Gasteiger partial charge in [0.15, 0.2) is 16.6 Å². The van der Waals surface area contributed by atoms with Crippen molar-refractivity contribution in [2.24, 2.45) is 0 Å². The van der Waals surface area contributed by atoms with Gasteiger partial charge in [-0.25, -0.2) is 0 Å². The van der Waals surface area contributed by atoms with Crippen LogP contribution in [-0.2, 0) is 13.6 Å². The smallest absolute Gasteiger partial charge is 0.193 e. The quantitative estimate of drug-likeness (QED) is 0.647. The van der Waals surface area contributed by atoms with Crippen molar-refractivity contribution in [1.29, 1.82) is 0 Å². The molecule has 1 aliphatic heterocycles. The van der Waals surface area contributed by atoms with E-state index >= 15 is 0 Å². The zero-order valence-corrected chi connectivity index (χ0v) is 18.2. The van der Waals surface area contributed by atoms with Crippen LogP contribution in [0.5, 0.6) is 0 Å². The summed E-state index contributed by atoms with van der Waals surface area (Å²) in [4.78, 5) is 0. The maximum atomic E-state index is 6.58. The lowest BCUT2D eigenvalue weighted by molar-refractivity contribution is 0.00224. The molecular weight excluding hydrogens is 308 g/mol. The first-order valence-electron chi connectivity index (χ1n) is 8.31. The zero-order valence-electron chi connectivity index (χ0n) is 16.2. The van der Waals surface area contributed by atoms with Gasteiger partial charge in [-0.15, -0.1) is 0 Å². The summed E-state index contributed by atoms with van der Waals surface area (Å²) in [6.07, 6.45) is 3.80. The van der Waals surface area contributed by atoms with Crippen LogP contribution in [0.15, 0.2) is 12.3 Å². The predicted octanol–water partition coefficient (Wildman–Crippen LogP) is 5.31.